The van der Waals surface area contributed by atoms with Gasteiger partial charge in [0.25, 0.3) is 0 Å². The van der Waals surface area contributed by atoms with Crippen molar-refractivity contribution in [2.75, 3.05) is 6.61 Å². The molecule has 86 valence electrons. The van der Waals surface area contributed by atoms with Crippen molar-refractivity contribution in [2.45, 2.75) is 38.7 Å². The quantitative estimate of drug-likeness (QED) is 0.776. The van der Waals surface area contributed by atoms with E-state index in [1.54, 1.807) is 0 Å². The van der Waals surface area contributed by atoms with Gasteiger partial charge in [0.05, 0.1) is 6.10 Å². The number of aryl methyl sites for hydroxylation is 1. The minimum atomic E-state index is 0.0648. The largest absolute Gasteiger partial charge is 0.371 e. The SMILES string of the molecule is CC(C)OCC(=O)C1CCc2ccccc21. The summed E-state index contributed by atoms with van der Waals surface area (Å²) in [5, 5.41) is 0. The van der Waals surface area contributed by atoms with E-state index in [4.69, 9.17) is 4.74 Å². The number of rotatable bonds is 4. The smallest absolute Gasteiger partial charge is 0.165 e. The lowest BCUT2D eigenvalue weighted by atomic mass is 9.97. The van der Waals surface area contributed by atoms with Crippen molar-refractivity contribution < 1.29 is 9.53 Å². The molecule has 2 heteroatoms. The van der Waals surface area contributed by atoms with Gasteiger partial charge in [0.15, 0.2) is 5.78 Å². The van der Waals surface area contributed by atoms with Gasteiger partial charge in [-0.25, -0.2) is 0 Å². The van der Waals surface area contributed by atoms with E-state index in [0.29, 0.717) is 0 Å². The third-order valence-electron chi connectivity index (χ3n) is 3.08. The van der Waals surface area contributed by atoms with Crippen LogP contribution in [0.25, 0.3) is 0 Å². The van der Waals surface area contributed by atoms with Crippen molar-refractivity contribution in [1.82, 2.24) is 0 Å². The highest BCUT2D eigenvalue weighted by molar-refractivity contribution is 5.88. The molecule has 0 aromatic heterocycles. The number of hydrogen-bond acceptors (Lipinski definition) is 2. The van der Waals surface area contributed by atoms with Crippen LogP contribution in [0.15, 0.2) is 24.3 Å². The highest BCUT2D eigenvalue weighted by Gasteiger charge is 2.27. The monoisotopic (exact) mass is 218 g/mol. The summed E-state index contributed by atoms with van der Waals surface area (Å²) < 4.78 is 5.38. The van der Waals surface area contributed by atoms with Gasteiger partial charge in [0.2, 0.25) is 0 Å². The zero-order valence-electron chi connectivity index (χ0n) is 9.90. The van der Waals surface area contributed by atoms with Crippen LogP contribution < -0.4 is 0 Å². The van der Waals surface area contributed by atoms with Crippen molar-refractivity contribution in [2.24, 2.45) is 0 Å². The highest BCUT2D eigenvalue weighted by Crippen LogP contribution is 2.33. The first-order chi connectivity index (χ1) is 7.68. The number of benzene rings is 1. The minimum Gasteiger partial charge on any atom is -0.371 e. The summed E-state index contributed by atoms with van der Waals surface area (Å²) in [4.78, 5) is 12.0. The molecule has 0 saturated heterocycles. The molecule has 0 heterocycles. The minimum absolute atomic E-state index is 0.0648. The maximum absolute atomic E-state index is 12.0. The molecule has 0 bridgehead atoms. The molecule has 2 nitrogen and oxygen atoms in total. The Morgan fingerprint density at radius 3 is 2.94 bits per heavy atom. The average Bonchev–Trinajstić information content (AvgIpc) is 2.69. The fourth-order valence-corrected chi connectivity index (χ4v) is 2.24. The predicted molar refractivity (Wildman–Crippen MR) is 63.6 cm³/mol. The zero-order chi connectivity index (χ0) is 11.5. The molecule has 0 amide bonds. The maximum Gasteiger partial charge on any atom is 0.165 e. The number of ether oxygens (including phenoxy) is 1. The summed E-state index contributed by atoms with van der Waals surface area (Å²) in [6.45, 7) is 4.16. The molecule has 1 aromatic rings. The first kappa shape index (κ1) is 11.3. The molecule has 0 fully saturated rings. The molecule has 0 spiro atoms. The van der Waals surface area contributed by atoms with Gasteiger partial charge in [-0.1, -0.05) is 24.3 Å². The molecule has 1 aliphatic rings. The fourth-order valence-electron chi connectivity index (χ4n) is 2.24. The second-order valence-electron chi connectivity index (χ2n) is 4.62. The lowest BCUT2D eigenvalue weighted by Crippen LogP contribution is -2.19. The molecule has 1 aromatic carbocycles. The molecule has 0 saturated carbocycles. The molecular formula is C14H18O2. The molecular weight excluding hydrogens is 200 g/mol. The Morgan fingerprint density at radius 1 is 1.44 bits per heavy atom. The van der Waals surface area contributed by atoms with Crippen LogP contribution in [0.3, 0.4) is 0 Å². The number of carbonyl (C=O) groups excluding carboxylic acids is 1. The Balaban J connectivity index is 2.04. The Morgan fingerprint density at radius 2 is 2.19 bits per heavy atom. The van der Waals surface area contributed by atoms with Gasteiger partial charge < -0.3 is 4.74 Å². The van der Waals surface area contributed by atoms with E-state index in [-0.39, 0.29) is 24.4 Å². The van der Waals surface area contributed by atoms with Crippen molar-refractivity contribution >= 4 is 5.78 Å². The molecule has 0 aliphatic heterocycles. The summed E-state index contributed by atoms with van der Waals surface area (Å²) in [7, 11) is 0. The normalized spacial score (nSPS) is 18.8. The van der Waals surface area contributed by atoms with E-state index in [1.165, 1.54) is 11.1 Å². The second-order valence-corrected chi connectivity index (χ2v) is 4.62. The molecule has 2 rings (SSSR count). The maximum atomic E-state index is 12.0. The average molecular weight is 218 g/mol. The van der Waals surface area contributed by atoms with Crippen molar-refractivity contribution in [3.8, 4) is 0 Å². The number of hydrogen-bond donors (Lipinski definition) is 0. The summed E-state index contributed by atoms with van der Waals surface area (Å²) in [6, 6.07) is 8.23. The summed E-state index contributed by atoms with van der Waals surface area (Å²) >= 11 is 0. The molecule has 1 unspecified atom stereocenters. The predicted octanol–water partition coefficient (Wildman–Crippen LogP) is 2.71. The fraction of sp³-hybridized carbons (Fsp3) is 0.500. The van der Waals surface area contributed by atoms with Gasteiger partial charge in [-0.05, 0) is 37.8 Å². The Hall–Kier alpha value is -1.15. The van der Waals surface area contributed by atoms with Crippen molar-refractivity contribution in [3.05, 3.63) is 35.4 Å². The van der Waals surface area contributed by atoms with Crippen LogP contribution in [-0.2, 0) is 16.0 Å². The van der Waals surface area contributed by atoms with Crippen LogP contribution in [0.5, 0.6) is 0 Å². The van der Waals surface area contributed by atoms with Crippen LogP contribution in [0.1, 0.15) is 37.3 Å². The van der Waals surface area contributed by atoms with Gasteiger partial charge in [0.1, 0.15) is 6.61 Å². The van der Waals surface area contributed by atoms with Crippen LogP contribution >= 0.6 is 0 Å². The number of ketones is 1. The number of fused-ring (bicyclic) bond motifs is 1. The third kappa shape index (κ3) is 2.33. The van der Waals surface area contributed by atoms with E-state index in [0.717, 1.165) is 12.8 Å². The van der Waals surface area contributed by atoms with Crippen LogP contribution in [0, 0.1) is 0 Å². The first-order valence-corrected chi connectivity index (χ1v) is 5.90. The van der Waals surface area contributed by atoms with Gasteiger partial charge in [-0.15, -0.1) is 0 Å². The molecule has 0 N–H and O–H groups in total. The lowest BCUT2D eigenvalue weighted by Gasteiger charge is -2.12. The van der Waals surface area contributed by atoms with Gasteiger partial charge >= 0.3 is 0 Å². The molecule has 16 heavy (non-hydrogen) atoms. The standard InChI is InChI=1S/C14H18O2/c1-10(2)16-9-14(15)13-8-7-11-5-3-4-6-12(11)13/h3-6,10,13H,7-9H2,1-2H3. The van der Waals surface area contributed by atoms with Gasteiger partial charge in [0, 0.05) is 5.92 Å². The van der Waals surface area contributed by atoms with Crippen LogP contribution in [0.4, 0.5) is 0 Å². The number of carbonyl (C=O) groups is 1. The highest BCUT2D eigenvalue weighted by atomic mass is 16.5. The van der Waals surface area contributed by atoms with E-state index >= 15 is 0 Å². The zero-order valence-corrected chi connectivity index (χ0v) is 9.90. The van der Waals surface area contributed by atoms with Gasteiger partial charge in [-0.3, -0.25) is 4.79 Å². The van der Waals surface area contributed by atoms with Gasteiger partial charge in [-0.2, -0.15) is 0 Å². The lowest BCUT2D eigenvalue weighted by molar-refractivity contribution is -0.126. The summed E-state index contributed by atoms with van der Waals surface area (Å²) in [6.07, 6.45) is 2.09. The first-order valence-electron chi connectivity index (χ1n) is 5.90. The van der Waals surface area contributed by atoms with E-state index in [1.807, 2.05) is 26.0 Å². The third-order valence-corrected chi connectivity index (χ3v) is 3.08. The molecule has 1 aliphatic carbocycles. The summed E-state index contributed by atoms with van der Waals surface area (Å²) in [5.74, 6) is 0.286. The van der Waals surface area contributed by atoms with Crippen LogP contribution in [-0.4, -0.2) is 18.5 Å². The Labute approximate surface area is 96.6 Å². The number of Topliss-reactive ketones (excluding diaryl/α,β-unsaturated/α-hetero) is 1. The van der Waals surface area contributed by atoms with E-state index in [9.17, 15) is 4.79 Å². The van der Waals surface area contributed by atoms with E-state index in [2.05, 4.69) is 12.1 Å². The molecule has 0 radical (unpaired) electrons. The van der Waals surface area contributed by atoms with Crippen molar-refractivity contribution in [3.63, 3.8) is 0 Å². The van der Waals surface area contributed by atoms with Crippen LogP contribution in [0.2, 0.25) is 0 Å². The van der Waals surface area contributed by atoms with E-state index < -0.39 is 0 Å². The second kappa shape index (κ2) is 4.79. The Bertz CT molecular complexity index is 382. The van der Waals surface area contributed by atoms with Crippen molar-refractivity contribution in [1.29, 1.82) is 0 Å². The summed E-state index contributed by atoms with van der Waals surface area (Å²) in [5.41, 5.74) is 2.53. The molecule has 1 atom stereocenters. The topological polar surface area (TPSA) is 26.3 Å². The Kier molecular flexibility index (Phi) is 3.39.